The summed E-state index contributed by atoms with van der Waals surface area (Å²) in [7, 11) is 0. The molecule has 1 heterocycles. The molecule has 2 rings (SSSR count). The summed E-state index contributed by atoms with van der Waals surface area (Å²) in [6, 6.07) is 6.46. The van der Waals surface area contributed by atoms with Crippen molar-refractivity contribution in [2.75, 3.05) is 0 Å². The minimum atomic E-state index is -0.492. The monoisotopic (exact) mass is 204 g/mol. The van der Waals surface area contributed by atoms with Gasteiger partial charge in [0, 0.05) is 17.6 Å². The SMILES string of the molecule is O=[N+]([O-])c1cc(CO)cc2cccnc12. The fraction of sp³-hybridized carbons (Fsp3) is 0.100. The lowest BCUT2D eigenvalue weighted by Crippen LogP contribution is -1.94. The van der Waals surface area contributed by atoms with Crippen molar-refractivity contribution in [3.8, 4) is 0 Å². The summed E-state index contributed by atoms with van der Waals surface area (Å²) in [4.78, 5) is 14.2. The van der Waals surface area contributed by atoms with E-state index in [4.69, 9.17) is 5.11 Å². The Labute approximate surface area is 85.1 Å². The molecule has 5 nitrogen and oxygen atoms in total. The quantitative estimate of drug-likeness (QED) is 0.595. The van der Waals surface area contributed by atoms with E-state index in [0.717, 1.165) is 0 Å². The van der Waals surface area contributed by atoms with E-state index < -0.39 is 4.92 Å². The zero-order chi connectivity index (χ0) is 10.8. The highest BCUT2D eigenvalue weighted by molar-refractivity contribution is 5.87. The van der Waals surface area contributed by atoms with Gasteiger partial charge in [-0.15, -0.1) is 0 Å². The van der Waals surface area contributed by atoms with Crippen LogP contribution in [0, 0.1) is 10.1 Å². The van der Waals surface area contributed by atoms with Gasteiger partial charge >= 0.3 is 0 Å². The highest BCUT2D eigenvalue weighted by Crippen LogP contribution is 2.25. The number of non-ortho nitro benzene ring substituents is 1. The zero-order valence-electron chi connectivity index (χ0n) is 7.75. The normalized spacial score (nSPS) is 10.5. The van der Waals surface area contributed by atoms with Crippen molar-refractivity contribution in [2.45, 2.75) is 6.61 Å². The Bertz CT molecular complexity index is 525. The number of rotatable bonds is 2. The summed E-state index contributed by atoms with van der Waals surface area (Å²) in [6.07, 6.45) is 1.51. The van der Waals surface area contributed by atoms with Crippen molar-refractivity contribution >= 4 is 16.6 Å². The van der Waals surface area contributed by atoms with Crippen LogP contribution >= 0.6 is 0 Å². The molecule has 0 saturated carbocycles. The summed E-state index contributed by atoms with van der Waals surface area (Å²) in [5.41, 5.74) is 0.791. The Balaban J connectivity index is 2.80. The molecule has 0 radical (unpaired) electrons. The molecular formula is C10H8N2O3. The molecule has 0 aliphatic heterocycles. The third-order valence-corrected chi connectivity index (χ3v) is 2.12. The molecular weight excluding hydrogens is 196 g/mol. The molecule has 0 unspecified atom stereocenters. The number of pyridine rings is 1. The fourth-order valence-corrected chi connectivity index (χ4v) is 1.46. The Kier molecular flexibility index (Phi) is 2.31. The van der Waals surface area contributed by atoms with Gasteiger partial charge in [-0.25, -0.2) is 4.98 Å². The molecule has 1 aromatic carbocycles. The van der Waals surface area contributed by atoms with Gasteiger partial charge in [0.2, 0.25) is 0 Å². The molecule has 5 heteroatoms. The first-order chi connectivity index (χ1) is 7.22. The smallest absolute Gasteiger partial charge is 0.295 e. The van der Waals surface area contributed by atoms with Gasteiger partial charge in [-0.3, -0.25) is 10.1 Å². The van der Waals surface area contributed by atoms with E-state index >= 15 is 0 Å². The molecule has 0 atom stereocenters. The zero-order valence-corrected chi connectivity index (χ0v) is 7.75. The third kappa shape index (κ3) is 1.64. The van der Waals surface area contributed by atoms with Crippen LogP contribution in [0.4, 0.5) is 5.69 Å². The minimum Gasteiger partial charge on any atom is -0.392 e. The van der Waals surface area contributed by atoms with E-state index in [9.17, 15) is 10.1 Å². The second-order valence-electron chi connectivity index (χ2n) is 3.11. The number of benzene rings is 1. The lowest BCUT2D eigenvalue weighted by molar-refractivity contribution is -0.383. The molecule has 0 aliphatic rings. The molecule has 15 heavy (non-hydrogen) atoms. The van der Waals surface area contributed by atoms with E-state index in [-0.39, 0.29) is 12.3 Å². The van der Waals surface area contributed by atoms with Crippen molar-refractivity contribution in [1.29, 1.82) is 0 Å². The molecule has 1 aromatic heterocycles. The average molecular weight is 204 g/mol. The number of hydrogen-bond donors (Lipinski definition) is 1. The van der Waals surface area contributed by atoms with E-state index in [1.54, 1.807) is 18.2 Å². The predicted octanol–water partition coefficient (Wildman–Crippen LogP) is 1.64. The molecule has 0 bridgehead atoms. The lowest BCUT2D eigenvalue weighted by atomic mass is 10.1. The maximum Gasteiger partial charge on any atom is 0.295 e. The van der Waals surface area contributed by atoms with Crippen molar-refractivity contribution in [3.63, 3.8) is 0 Å². The van der Waals surface area contributed by atoms with Crippen LogP contribution < -0.4 is 0 Å². The van der Waals surface area contributed by atoms with Crippen molar-refractivity contribution < 1.29 is 10.0 Å². The van der Waals surface area contributed by atoms with Gasteiger partial charge in [0.1, 0.15) is 5.52 Å². The van der Waals surface area contributed by atoms with E-state index in [1.165, 1.54) is 12.3 Å². The van der Waals surface area contributed by atoms with Gasteiger partial charge < -0.3 is 5.11 Å². The van der Waals surface area contributed by atoms with Gasteiger partial charge in [-0.05, 0) is 17.7 Å². The van der Waals surface area contributed by atoms with Gasteiger partial charge in [0.05, 0.1) is 11.5 Å². The van der Waals surface area contributed by atoms with Crippen LogP contribution in [0.2, 0.25) is 0 Å². The average Bonchev–Trinajstić information content (AvgIpc) is 2.27. The molecule has 0 amide bonds. The Morgan fingerprint density at radius 2 is 2.27 bits per heavy atom. The molecule has 76 valence electrons. The summed E-state index contributed by atoms with van der Waals surface area (Å²) in [5, 5.41) is 20.4. The number of nitro groups is 1. The van der Waals surface area contributed by atoms with Crippen LogP contribution in [0.15, 0.2) is 30.5 Å². The largest absolute Gasteiger partial charge is 0.392 e. The first-order valence-corrected chi connectivity index (χ1v) is 4.35. The van der Waals surface area contributed by atoms with Crippen molar-refractivity contribution in [1.82, 2.24) is 4.98 Å². The van der Waals surface area contributed by atoms with E-state index in [0.29, 0.717) is 16.5 Å². The van der Waals surface area contributed by atoms with Crippen molar-refractivity contribution in [3.05, 3.63) is 46.1 Å². The van der Waals surface area contributed by atoms with E-state index in [1.807, 2.05) is 0 Å². The van der Waals surface area contributed by atoms with Crippen LogP contribution in [-0.4, -0.2) is 15.0 Å². The standard InChI is InChI=1S/C10H8N2O3/c13-6-7-4-8-2-1-3-11-10(8)9(5-7)12(14)15/h1-5,13H,6H2. The molecule has 1 N–H and O–H groups in total. The minimum absolute atomic E-state index is 0.0721. The van der Waals surface area contributed by atoms with Crippen LogP contribution in [0.25, 0.3) is 10.9 Å². The molecule has 0 spiro atoms. The lowest BCUT2D eigenvalue weighted by Gasteiger charge is -2.01. The first kappa shape index (κ1) is 9.54. The Morgan fingerprint density at radius 3 is 2.93 bits per heavy atom. The topological polar surface area (TPSA) is 76.3 Å². The maximum absolute atomic E-state index is 10.8. The third-order valence-electron chi connectivity index (χ3n) is 2.12. The van der Waals surface area contributed by atoms with Gasteiger partial charge in [0.25, 0.3) is 5.69 Å². The highest BCUT2D eigenvalue weighted by atomic mass is 16.6. The number of nitrogens with zero attached hydrogens (tertiary/aromatic N) is 2. The van der Waals surface area contributed by atoms with E-state index in [2.05, 4.69) is 4.98 Å². The van der Waals surface area contributed by atoms with Crippen LogP contribution in [0.5, 0.6) is 0 Å². The van der Waals surface area contributed by atoms with Crippen LogP contribution in [-0.2, 0) is 6.61 Å². The number of fused-ring (bicyclic) bond motifs is 1. The second kappa shape index (κ2) is 3.62. The molecule has 0 saturated heterocycles. The number of aliphatic hydroxyl groups is 1. The summed E-state index contributed by atoms with van der Waals surface area (Å²) in [6.45, 7) is -0.217. The van der Waals surface area contributed by atoms with Gasteiger partial charge in [-0.1, -0.05) is 6.07 Å². The number of hydrogen-bond acceptors (Lipinski definition) is 4. The number of aromatic nitrogens is 1. The number of nitro benzene ring substituents is 1. The Morgan fingerprint density at radius 1 is 1.47 bits per heavy atom. The van der Waals surface area contributed by atoms with Gasteiger partial charge in [-0.2, -0.15) is 0 Å². The summed E-state index contributed by atoms with van der Waals surface area (Å²) < 4.78 is 0. The fourth-order valence-electron chi connectivity index (χ4n) is 1.46. The Hall–Kier alpha value is -2.01. The van der Waals surface area contributed by atoms with Gasteiger partial charge in [0.15, 0.2) is 0 Å². The summed E-state index contributed by atoms with van der Waals surface area (Å²) >= 11 is 0. The molecule has 0 aliphatic carbocycles. The molecule has 0 fully saturated rings. The highest BCUT2D eigenvalue weighted by Gasteiger charge is 2.14. The maximum atomic E-state index is 10.8. The summed E-state index contributed by atoms with van der Waals surface area (Å²) in [5.74, 6) is 0. The predicted molar refractivity (Wildman–Crippen MR) is 54.3 cm³/mol. The molecule has 2 aromatic rings. The first-order valence-electron chi connectivity index (χ1n) is 4.35. The van der Waals surface area contributed by atoms with Crippen molar-refractivity contribution in [2.24, 2.45) is 0 Å². The van der Waals surface area contributed by atoms with Crippen LogP contribution in [0.1, 0.15) is 5.56 Å². The second-order valence-corrected chi connectivity index (χ2v) is 3.11. The number of aliphatic hydroxyl groups excluding tert-OH is 1. The van der Waals surface area contributed by atoms with Crippen LogP contribution in [0.3, 0.4) is 0 Å².